The van der Waals surface area contributed by atoms with E-state index in [0.29, 0.717) is 0 Å². The van der Waals surface area contributed by atoms with E-state index in [2.05, 4.69) is 0 Å². The van der Waals surface area contributed by atoms with Crippen molar-refractivity contribution < 1.29 is 124 Å². The molecule has 0 unspecified atom stereocenters. The zero-order chi connectivity index (χ0) is 0. The second kappa shape index (κ2) is 199. The van der Waals surface area contributed by atoms with Crippen molar-refractivity contribution in [2.45, 2.75) is 0 Å². The second-order valence-corrected chi connectivity index (χ2v) is 0. The fraction of sp³-hybridized carbons (Fsp3) is 0. The van der Waals surface area contributed by atoms with Crippen molar-refractivity contribution in [2.24, 2.45) is 0 Å². The van der Waals surface area contributed by atoms with Crippen LogP contribution in [0.15, 0.2) is 0 Å². The first-order valence-electron chi connectivity index (χ1n) is 0. The van der Waals surface area contributed by atoms with Gasteiger partial charge in [0, 0.05) is 0 Å². The van der Waals surface area contributed by atoms with E-state index in [4.69, 9.17) is 0 Å². The molecule has 10 heavy (non-hydrogen) atoms. The Morgan fingerprint density at radius 2 is 0.400 bits per heavy atom. The average Bonchev–Trinajstić information content (AvgIpc) is 0. The van der Waals surface area contributed by atoms with Gasteiger partial charge in [-0.1, -0.05) is 0 Å². The molecule has 0 atom stereocenters. The van der Waals surface area contributed by atoms with Gasteiger partial charge in [0.15, 0.2) is 0 Å². The van der Waals surface area contributed by atoms with Crippen LogP contribution in [0.2, 0.25) is 0 Å². The molecular formula is F7GdLiY. The molecular weight excluding hydrogens is 386 g/mol. The molecule has 0 saturated heterocycles. The maximum Gasteiger partial charge on any atom is 3.00 e. The first-order chi connectivity index (χ1) is 0. The van der Waals surface area contributed by atoms with Gasteiger partial charge in [-0.25, -0.2) is 0 Å². The number of rotatable bonds is 0. The summed E-state index contributed by atoms with van der Waals surface area (Å²) < 4.78 is 0. The Kier molecular flexibility index (Phi) is 5170. The van der Waals surface area contributed by atoms with Crippen molar-refractivity contribution >= 4 is 0 Å². The summed E-state index contributed by atoms with van der Waals surface area (Å²) in [6, 6.07) is 0. The van der Waals surface area contributed by atoms with E-state index in [1.54, 1.807) is 0 Å². The largest absolute Gasteiger partial charge is 3.00 e. The summed E-state index contributed by atoms with van der Waals surface area (Å²) in [5.74, 6) is 0. The molecule has 0 aromatic carbocycles. The van der Waals surface area contributed by atoms with Crippen LogP contribution in [0.25, 0.3) is 0 Å². The zero-order valence-corrected chi connectivity index (χ0v) is 9.68. The van der Waals surface area contributed by atoms with E-state index in [9.17, 15) is 0 Å². The fourth-order valence-corrected chi connectivity index (χ4v) is 0. The van der Waals surface area contributed by atoms with Crippen LogP contribution in [-0.4, -0.2) is 0 Å². The third-order valence-corrected chi connectivity index (χ3v) is 0. The zero-order valence-electron chi connectivity index (χ0n) is 4.58. The average molecular weight is 386 g/mol. The van der Waals surface area contributed by atoms with Gasteiger partial charge in [-0.2, -0.15) is 0 Å². The molecule has 1 radical (unpaired) electrons. The van der Waals surface area contributed by atoms with Gasteiger partial charge < -0.3 is 32.9 Å². The summed E-state index contributed by atoms with van der Waals surface area (Å²) in [6.45, 7) is 0. The molecule has 0 bridgehead atoms. The minimum atomic E-state index is 0. The van der Waals surface area contributed by atoms with Crippen LogP contribution in [0.5, 0.6) is 0 Å². The quantitative estimate of drug-likeness (QED) is 0.287. The Morgan fingerprint density at radius 3 is 0.400 bits per heavy atom. The van der Waals surface area contributed by atoms with E-state index >= 15 is 0 Å². The maximum atomic E-state index is 0. The smallest absolute Gasteiger partial charge is 1.00 e. The molecule has 0 aliphatic rings. The van der Waals surface area contributed by atoms with Gasteiger partial charge in [0.05, 0.1) is 0 Å². The molecule has 61 valence electrons. The number of halogens is 7. The number of hydrogen-bond donors (Lipinski definition) is 0. The van der Waals surface area contributed by atoms with Crippen LogP contribution in [0.3, 0.4) is 0 Å². The SMILES string of the molecule is [F-].[F-].[F-].[F-].[F-].[F-].[F-].[Gd+3].[Li+].[Y+3]. The molecule has 0 saturated carbocycles. The molecule has 0 spiro atoms. The topological polar surface area (TPSA) is 0 Å². The van der Waals surface area contributed by atoms with Gasteiger partial charge in [0.2, 0.25) is 0 Å². The van der Waals surface area contributed by atoms with Gasteiger partial charge in [-0.15, -0.1) is 0 Å². The van der Waals surface area contributed by atoms with E-state index in [1.807, 2.05) is 0 Å². The minimum absolute atomic E-state index is 0. The third kappa shape index (κ3) is 149. The maximum absolute atomic E-state index is 0. The van der Waals surface area contributed by atoms with Crippen LogP contribution in [-0.2, 0) is 32.7 Å². The minimum Gasteiger partial charge on any atom is -1.00 e. The van der Waals surface area contributed by atoms with Crippen LogP contribution in [0, 0.1) is 39.9 Å². The number of hydrogen-bond acceptors (Lipinski definition) is 0. The van der Waals surface area contributed by atoms with Crippen LogP contribution < -0.4 is 51.8 Å². The summed E-state index contributed by atoms with van der Waals surface area (Å²) in [5.41, 5.74) is 0. The van der Waals surface area contributed by atoms with Crippen molar-refractivity contribution in [2.75, 3.05) is 0 Å². The molecule has 0 aliphatic carbocycles. The Balaban J connectivity index is 0. The molecule has 0 fully saturated rings. The van der Waals surface area contributed by atoms with E-state index in [-0.39, 0.29) is 124 Å². The molecule has 0 amide bonds. The van der Waals surface area contributed by atoms with Crippen molar-refractivity contribution in [1.82, 2.24) is 0 Å². The van der Waals surface area contributed by atoms with Crippen molar-refractivity contribution in [1.29, 1.82) is 0 Å². The van der Waals surface area contributed by atoms with E-state index in [0.717, 1.165) is 0 Å². The van der Waals surface area contributed by atoms with Crippen LogP contribution >= 0.6 is 0 Å². The molecule has 0 aromatic heterocycles. The Hall–Kier alpha value is 2.54. The third-order valence-electron chi connectivity index (χ3n) is 0. The summed E-state index contributed by atoms with van der Waals surface area (Å²) in [5, 5.41) is 0. The van der Waals surface area contributed by atoms with Gasteiger partial charge in [0.25, 0.3) is 0 Å². The molecule has 0 aromatic rings. The van der Waals surface area contributed by atoms with Gasteiger partial charge in [-0.05, 0) is 0 Å². The predicted molar refractivity (Wildman–Crippen MR) is 0 cm³/mol. The first-order valence-corrected chi connectivity index (χ1v) is 0. The predicted octanol–water partition coefficient (Wildman–Crippen LogP) is -24.0. The molecule has 10 heteroatoms. The second-order valence-electron chi connectivity index (χ2n) is 0. The normalized spacial score (nSPS) is 0. The molecule has 0 N–H and O–H groups in total. The summed E-state index contributed by atoms with van der Waals surface area (Å²) in [7, 11) is 0. The summed E-state index contributed by atoms with van der Waals surface area (Å²) in [6.07, 6.45) is 0. The van der Waals surface area contributed by atoms with Crippen LogP contribution in [0.4, 0.5) is 0 Å². The Morgan fingerprint density at radius 1 is 0.400 bits per heavy atom. The van der Waals surface area contributed by atoms with Crippen molar-refractivity contribution in [3.63, 3.8) is 0 Å². The van der Waals surface area contributed by atoms with Gasteiger partial charge in [-0.3, -0.25) is 0 Å². The standard InChI is InChI=1S/7FH.Gd.Li.Y/h7*1H;;;/q;;;;;;;+3;+1;+3/p-7. The van der Waals surface area contributed by atoms with E-state index in [1.165, 1.54) is 0 Å². The van der Waals surface area contributed by atoms with Gasteiger partial charge >= 0.3 is 91.5 Å². The molecule has 0 nitrogen and oxygen atoms in total. The monoisotopic (exact) mass is 387 g/mol. The summed E-state index contributed by atoms with van der Waals surface area (Å²) >= 11 is 0. The van der Waals surface area contributed by atoms with Crippen molar-refractivity contribution in [3.8, 4) is 0 Å². The fourth-order valence-electron chi connectivity index (χ4n) is 0. The molecule has 0 aliphatic heterocycles. The first kappa shape index (κ1) is 259. The Bertz CT molecular complexity index is 13.6. The molecule has 0 rings (SSSR count). The van der Waals surface area contributed by atoms with E-state index < -0.39 is 0 Å². The molecule has 0 heterocycles. The van der Waals surface area contributed by atoms with Crippen LogP contribution in [0.1, 0.15) is 0 Å². The Labute approximate surface area is 122 Å². The van der Waals surface area contributed by atoms with Crippen molar-refractivity contribution in [3.05, 3.63) is 0 Å². The van der Waals surface area contributed by atoms with Gasteiger partial charge in [0.1, 0.15) is 0 Å². The summed E-state index contributed by atoms with van der Waals surface area (Å²) in [4.78, 5) is 0.